The number of hydrogen-bond donors (Lipinski definition) is 1. The van der Waals surface area contributed by atoms with Gasteiger partial charge >= 0.3 is 0 Å². The number of methoxy groups -OCH3 is 1. The van der Waals surface area contributed by atoms with Crippen LogP contribution in [0, 0.1) is 13.8 Å². The van der Waals surface area contributed by atoms with E-state index in [9.17, 15) is 9.59 Å². The van der Waals surface area contributed by atoms with E-state index in [4.69, 9.17) is 9.26 Å². The van der Waals surface area contributed by atoms with Gasteiger partial charge in [-0.3, -0.25) is 9.59 Å². The standard InChI is InChI=1S/C38H33N5O4/c1-24-8-4-6-10-31(24)32-18-14-27(20-25(32)2)38(45)43-23-29-15-19-34(42(29)22-28-9-5-7-11-33(28)43)36(44)39-21-35-40-37(47-41-35)26-12-16-30(46-3)17-13-26/h4-20H,21-23H2,1-3H3,(H,39,44). The molecule has 9 nitrogen and oxygen atoms in total. The van der Waals surface area contributed by atoms with Gasteiger partial charge in [-0.2, -0.15) is 4.98 Å². The molecule has 3 heterocycles. The summed E-state index contributed by atoms with van der Waals surface area (Å²) in [6, 6.07) is 33.0. The van der Waals surface area contributed by atoms with Crippen LogP contribution < -0.4 is 15.0 Å². The van der Waals surface area contributed by atoms with Gasteiger partial charge in [0.1, 0.15) is 11.4 Å². The van der Waals surface area contributed by atoms with Crippen molar-refractivity contribution in [1.82, 2.24) is 20.0 Å². The third-order valence-electron chi connectivity index (χ3n) is 8.60. The smallest absolute Gasteiger partial charge is 0.268 e. The fourth-order valence-corrected chi connectivity index (χ4v) is 6.10. The van der Waals surface area contributed by atoms with Gasteiger partial charge in [0.25, 0.3) is 17.7 Å². The molecule has 0 atom stereocenters. The normalized spacial score (nSPS) is 12.2. The zero-order chi connectivity index (χ0) is 32.5. The second-order valence-corrected chi connectivity index (χ2v) is 11.6. The second-order valence-electron chi connectivity index (χ2n) is 11.6. The number of amides is 2. The number of benzene rings is 4. The van der Waals surface area contributed by atoms with Gasteiger partial charge in [0.05, 0.1) is 26.7 Å². The first-order valence-corrected chi connectivity index (χ1v) is 15.4. The van der Waals surface area contributed by atoms with Crippen molar-refractivity contribution in [3.05, 3.63) is 143 Å². The van der Waals surface area contributed by atoms with Crippen molar-refractivity contribution in [2.75, 3.05) is 12.0 Å². The quantitative estimate of drug-likeness (QED) is 0.206. The number of anilines is 1. The first-order valence-electron chi connectivity index (χ1n) is 15.4. The molecule has 4 aromatic carbocycles. The third-order valence-corrected chi connectivity index (χ3v) is 8.60. The molecule has 6 aromatic rings. The lowest BCUT2D eigenvalue weighted by Crippen LogP contribution is -2.31. The van der Waals surface area contributed by atoms with Gasteiger partial charge in [0.2, 0.25) is 0 Å². The van der Waals surface area contributed by atoms with Crippen LogP contribution in [0.5, 0.6) is 5.75 Å². The average molecular weight is 624 g/mol. The van der Waals surface area contributed by atoms with Crippen molar-refractivity contribution in [2.45, 2.75) is 33.5 Å². The van der Waals surface area contributed by atoms with Gasteiger partial charge in [-0.05, 0) is 96.3 Å². The van der Waals surface area contributed by atoms with Crippen molar-refractivity contribution < 1.29 is 18.8 Å². The van der Waals surface area contributed by atoms with Gasteiger partial charge in [-0.1, -0.05) is 53.7 Å². The number of para-hydroxylation sites is 1. The van der Waals surface area contributed by atoms with E-state index < -0.39 is 0 Å². The Hall–Kier alpha value is -5.96. The molecule has 47 heavy (non-hydrogen) atoms. The Morgan fingerprint density at radius 2 is 1.62 bits per heavy atom. The zero-order valence-electron chi connectivity index (χ0n) is 26.4. The van der Waals surface area contributed by atoms with E-state index >= 15 is 0 Å². The van der Waals surface area contributed by atoms with Crippen LogP contribution in [-0.2, 0) is 19.6 Å². The van der Waals surface area contributed by atoms with E-state index in [-0.39, 0.29) is 18.4 Å². The van der Waals surface area contributed by atoms with Gasteiger partial charge < -0.3 is 24.0 Å². The first kappa shape index (κ1) is 29.7. The van der Waals surface area contributed by atoms with Crippen molar-refractivity contribution in [3.8, 4) is 28.3 Å². The Morgan fingerprint density at radius 1 is 0.851 bits per heavy atom. The Bertz CT molecular complexity index is 2110. The molecule has 2 amide bonds. The van der Waals surface area contributed by atoms with Crippen LogP contribution in [0.25, 0.3) is 22.6 Å². The summed E-state index contributed by atoms with van der Waals surface area (Å²) in [6.45, 7) is 4.99. The minimum atomic E-state index is -0.272. The molecule has 2 aromatic heterocycles. The van der Waals surface area contributed by atoms with Crippen molar-refractivity contribution in [2.24, 2.45) is 0 Å². The number of nitrogens with zero attached hydrogens (tertiary/aromatic N) is 4. The van der Waals surface area contributed by atoms with Crippen LogP contribution in [0.2, 0.25) is 0 Å². The Morgan fingerprint density at radius 3 is 2.40 bits per heavy atom. The SMILES string of the molecule is COc1ccc(-c2nc(CNC(=O)c3ccc4n3Cc3ccccc3N(C(=O)c3ccc(-c5ccccc5C)c(C)c3)C4)no2)cc1. The van der Waals surface area contributed by atoms with E-state index in [2.05, 4.69) is 34.5 Å². The second kappa shape index (κ2) is 12.4. The molecule has 7 rings (SSSR count). The maximum absolute atomic E-state index is 14.1. The lowest BCUT2D eigenvalue weighted by molar-refractivity contribution is 0.0940. The topological polar surface area (TPSA) is 102 Å². The molecular formula is C38H33N5O4. The molecule has 0 bridgehead atoms. The monoisotopic (exact) mass is 623 g/mol. The van der Waals surface area contributed by atoms with Gasteiger partial charge in [0.15, 0.2) is 5.82 Å². The van der Waals surface area contributed by atoms with E-state index in [1.807, 2.05) is 96.4 Å². The highest BCUT2D eigenvalue weighted by Crippen LogP contribution is 2.32. The Kier molecular flexibility index (Phi) is 7.87. The number of hydrogen-bond acceptors (Lipinski definition) is 6. The van der Waals surface area contributed by atoms with Gasteiger partial charge in [0, 0.05) is 22.5 Å². The van der Waals surface area contributed by atoms with E-state index in [1.54, 1.807) is 18.1 Å². The number of rotatable bonds is 7. The summed E-state index contributed by atoms with van der Waals surface area (Å²) < 4.78 is 12.6. The zero-order valence-corrected chi connectivity index (χ0v) is 26.4. The lowest BCUT2D eigenvalue weighted by Gasteiger charge is -2.23. The number of carbonyl (C=O) groups excluding carboxylic acids is 2. The highest BCUT2D eigenvalue weighted by Gasteiger charge is 2.28. The molecule has 1 aliphatic heterocycles. The van der Waals surface area contributed by atoms with Crippen LogP contribution in [0.3, 0.4) is 0 Å². The summed E-state index contributed by atoms with van der Waals surface area (Å²) in [6.07, 6.45) is 0. The van der Waals surface area contributed by atoms with Crippen LogP contribution in [-0.4, -0.2) is 33.6 Å². The molecule has 0 spiro atoms. The molecule has 1 aliphatic rings. The fraction of sp³-hybridized carbons (Fsp3) is 0.158. The highest BCUT2D eigenvalue weighted by molar-refractivity contribution is 6.07. The molecule has 9 heteroatoms. The van der Waals surface area contributed by atoms with Crippen LogP contribution in [0.1, 0.15) is 49.1 Å². The molecule has 0 aliphatic carbocycles. The summed E-state index contributed by atoms with van der Waals surface area (Å²) in [5.74, 6) is 1.08. The fourth-order valence-electron chi connectivity index (χ4n) is 6.10. The first-order chi connectivity index (χ1) is 22.9. The van der Waals surface area contributed by atoms with Crippen LogP contribution in [0.4, 0.5) is 5.69 Å². The summed E-state index contributed by atoms with van der Waals surface area (Å²) in [4.78, 5) is 33.8. The predicted octanol–water partition coefficient (Wildman–Crippen LogP) is 6.97. The number of nitrogens with one attached hydrogen (secondary N) is 1. The molecule has 0 radical (unpaired) electrons. The number of aryl methyl sites for hydroxylation is 2. The van der Waals surface area contributed by atoms with Crippen LogP contribution in [0.15, 0.2) is 108 Å². The van der Waals surface area contributed by atoms with E-state index in [0.717, 1.165) is 44.9 Å². The maximum Gasteiger partial charge on any atom is 0.268 e. The van der Waals surface area contributed by atoms with E-state index in [1.165, 1.54) is 5.56 Å². The number of fused-ring (bicyclic) bond motifs is 2. The molecular weight excluding hydrogens is 590 g/mol. The molecule has 0 fully saturated rings. The third kappa shape index (κ3) is 5.79. The largest absolute Gasteiger partial charge is 0.497 e. The van der Waals surface area contributed by atoms with E-state index in [0.29, 0.717) is 36.1 Å². The van der Waals surface area contributed by atoms with Crippen molar-refractivity contribution >= 4 is 17.5 Å². The maximum atomic E-state index is 14.1. The molecule has 234 valence electrons. The van der Waals surface area contributed by atoms with Crippen LogP contribution >= 0.6 is 0 Å². The van der Waals surface area contributed by atoms with Crippen molar-refractivity contribution in [3.63, 3.8) is 0 Å². The number of carbonyl (C=O) groups is 2. The summed E-state index contributed by atoms with van der Waals surface area (Å²) in [7, 11) is 1.61. The molecule has 0 saturated heterocycles. The molecule has 0 unspecified atom stereocenters. The summed E-state index contributed by atoms with van der Waals surface area (Å²) in [5.41, 5.74) is 8.97. The number of aromatic nitrogens is 3. The van der Waals surface area contributed by atoms with Gasteiger partial charge in [-0.15, -0.1) is 0 Å². The van der Waals surface area contributed by atoms with Gasteiger partial charge in [-0.25, -0.2) is 0 Å². The molecule has 0 saturated carbocycles. The minimum Gasteiger partial charge on any atom is -0.497 e. The highest BCUT2D eigenvalue weighted by atomic mass is 16.5. The Balaban J connectivity index is 1.11. The summed E-state index contributed by atoms with van der Waals surface area (Å²) >= 11 is 0. The summed E-state index contributed by atoms with van der Waals surface area (Å²) in [5, 5.41) is 6.95. The minimum absolute atomic E-state index is 0.0951. The Labute approximate surface area is 272 Å². The number of ether oxygens (including phenoxy) is 1. The molecule has 1 N–H and O–H groups in total. The predicted molar refractivity (Wildman–Crippen MR) is 179 cm³/mol. The lowest BCUT2D eigenvalue weighted by atomic mass is 9.95. The average Bonchev–Trinajstić information content (AvgIpc) is 3.70. The van der Waals surface area contributed by atoms with Crippen molar-refractivity contribution in [1.29, 1.82) is 0 Å².